The minimum atomic E-state index is -3.23. The summed E-state index contributed by atoms with van der Waals surface area (Å²) in [6.07, 6.45) is 4.11. The van der Waals surface area contributed by atoms with Gasteiger partial charge >= 0.3 is 0 Å². The second-order valence-electron chi connectivity index (χ2n) is 5.79. The summed E-state index contributed by atoms with van der Waals surface area (Å²) >= 11 is 0. The minimum absolute atomic E-state index is 0.131. The van der Waals surface area contributed by atoms with E-state index in [2.05, 4.69) is 20.7 Å². The number of nitrogens with zero attached hydrogens (tertiary/aromatic N) is 4. The summed E-state index contributed by atoms with van der Waals surface area (Å²) in [6.45, 7) is 3.27. The zero-order chi connectivity index (χ0) is 18.3. The molecule has 134 valence electrons. The van der Waals surface area contributed by atoms with Gasteiger partial charge in [-0.25, -0.2) is 18.1 Å². The van der Waals surface area contributed by atoms with Gasteiger partial charge in [0.05, 0.1) is 36.0 Å². The largest absolute Gasteiger partial charge is 0.364 e. The van der Waals surface area contributed by atoms with E-state index >= 15 is 0 Å². The topological polar surface area (TPSA) is 91.0 Å². The lowest BCUT2D eigenvalue weighted by Gasteiger charge is -2.25. The maximum absolute atomic E-state index is 11.8. The van der Waals surface area contributed by atoms with E-state index in [-0.39, 0.29) is 5.75 Å². The molecule has 0 saturated carbocycles. The number of benzene rings is 1. The molecule has 1 aromatic heterocycles. The molecule has 0 aliphatic carbocycles. The van der Waals surface area contributed by atoms with E-state index in [1.165, 1.54) is 0 Å². The molecule has 0 aliphatic rings. The third-order valence-corrected chi connectivity index (χ3v) is 5.40. The predicted octanol–water partition coefficient (Wildman–Crippen LogP) is 1.63. The first kappa shape index (κ1) is 19.0. The van der Waals surface area contributed by atoms with Gasteiger partial charge in [0.15, 0.2) is 0 Å². The van der Waals surface area contributed by atoms with E-state index in [1.54, 1.807) is 24.7 Å². The highest BCUT2D eigenvalue weighted by molar-refractivity contribution is 7.89. The maximum Gasteiger partial charge on any atom is 0.211 e. The number of imidazole rings is 1. The summed E-state index contributed by atoms with van der Waals surface area (Å²) in [5, 5.41) is 8.94. The highest BCUT2D eigenvalue weighted by Crippen LogP contribution is 2.17. The van der Waals surface area contributed by atoms with Crippen molar-refractivity contribution in [1.29, 1.82) is 5.26 Å². The molecule has 1 aromatic carbocycles. The Hall–Kier alpha value is -2.37. The number of hydrogen-bond donors (Lipinski definition) is 1. The Bertz CT molecular complexity index is 821. The molecule has 0 unspecified atom stereocenters. The molecule has 0 bridgehead atoms. The molecule has 2 rings (SSSR count). The Morgan fingerprint density at radius 3 is 2.60 bits per heavy atom. The molecule has 0 radical (unpaired) electrons. The quantitative estimate of drug-likeness (QED) is 0.733. The molecular formula is C17H23N5O2S. The van der Waals surface area contributed by atoms with Gasteiger partial charge in [-0.1, -0.05) is 6.92 Å². The van der Waals surface area contributed by atoms with Crippen molar-refractivity contribution in [3.05, 3.63) is 48.0 Å². The van der Waals surface area contributed by atoms with Crippen molar-refractivity contribution in [2.75, 3.05) is 23.7 Å². The van der Waals surface area contributed by atoms with Gasteiger partial charge in [-0.2, -0.15) is 5.26 Å². The molecule has 0 fully saturated rings. The third-order valence-electron chi connectivity index (χ3n) is 3.81. The first-order valence-corrected chi connectivity index (χ1v) is 9.78. The Morgan fingerprint density at radius 2 is 2.04 bits per heavy atom. The monoisotopic (exact) mass is 361 g/mol. The van der Waals surface area contributed by atoms with Crippen LogP contribution in [0, 0.1) is 11.3 Å². The molecule has 0 amide bonds. The molecule has 0 saturated heterocycles. The lowest BCUT2D eigenvalue weighted by atomic mass is 10.2. The summed E-state index contributed by atoms with van der Waals surface area (Å²) in [6, 6.07) is 9.36. The smallest absolute Gasteiger partial charge is 0.211 e. The Morgan fingerprint density at radius 1 is 1.32 bits per heavy atom. The Labute approximate surface area is 149 Å². The lowest BCUT2D eigenvalue weighted by Crippen LogP contribution is -2.36. The normalized spacial score (nSPS) is 11.2. The second kappa shape index (κ2) is 8.65. The highest BCUT2D eigenvalue weighted by Gasteiger charge is 2.13. The molecule has 25 heavy (non-hydrogen) atoms. The maximum atomic E-state index is 11.8. The lowest BCUT2D eigenvalue weighted by molar-refractivity contribution is 0.578. The number of nitriles is 1. The number of anilines is 1. The van der Waals surface area contributed by atoms with Gasteiger partial charge in [0.2, 0.25) is 10.0 Å². The van der Waals surface area contributed by atoms with Crippen LogP contribution in [-0.4, -0.2) is 36.8 Å². The number of sulfonamides is 1. The number of nitrogens with one attached hydrogen (secondary N) is 1. The van der Waals surface area contributed by atoms with Crippen LogP contribution in [0.5, 0.6) is 0 Å². The second-order valence-corrected chi connectivity index (χ2v) is 7.72. The van der Waals surface area contributed by atoms with Crippen LogP contribution in [-0.2, 0) is 23.6 Å². The molecule has 0 atom stereocenters. The molecule has 1 N–H and O–H groups in total. The molecule has 1 heterocycles. The van der Waals surface area contributed by atoms with E-state index in [4.69, 9.17) is 5.26 Å². The Kier molecular flexibility index (Phi) is 6.56. The number of aromatic nitrogens is 2. The van der Waals surface area contributed by atoms with E-state index in [9.17, 15) is 8.42 Å². The summed E-state index contributed by atoms with van der Waals surface area (Å²) in [5.41, 5.74) is 2.53. The van der Waals surface area contributed by atoms with Crippen LogP contribution in [0.3, 0.4) is 0 Å². The minimum Gasteiger partial charge on any atom is -0.364 e. The fourth-order valence-corrected chi connectivity index (χ4v) is 3.54. The van der Waals surface area contributed by atoms with Crippen molar-refractivity contribution in [1.82, 2.24) is 14.3 Å². The summed E-state index contributed by atoms with van der Waals surface area (Å²) in [4.78, 5) is 6.18. The standard InChI is InChI=1S/C17H23N5O2S/c1-3-10-25(23,24)20-8-9-22(13-17-12-19-14-21(17)2)16-6-4-15(11-18)5-7-16/h4-7,12,14,20H,3,8-10,13H2,1-2H3. The van der Waals surface area contributed by atoms with Crippen LogP contribution in [0.4, 0.5) is 5.69 Å². The summed E-state index contributed by atoms with van der Waals surface area (Å²) < 4.78 is 28.2. The fraction of sp³-hybridized carbons (Fsp3) is 0.412. The predicted molar refractivity (Wildman–Crippen MR) is 97.5 cm³/mol. The molecular weight excluding hydrogens is 338 g/mol. The van der Waals surface area contributed by atoms with Crippen LogP contribution in [0.15, 0.2) is 36.8 Å². The van der Waals surface area contributed by atoms with Crippen molar-refractivity contribution in [2.24, 2.45) is 7.05 Å². The summed E-state index contributed by atoms with van der Waals surface area (Å²) in [5.74, 6) is 0.131. The van der Waals surface area contributed by atoms with E-state index in [0.29, 0.717) is 31.6 Å². The van der Waals surface area contributed by atoms with Gasteiger partial charge in [0.1, 0.15) is 0 Å². The van der Waals surface area contributed by atoms with Crippen molar-refractivity contribution in [2.45, 2.75) is 19.9 Å². The zero-order valence-electron chi connectivity index (χ0n) is 14.5. The Balaban J connectivity index is 2.11. The van der Waals surface area contributed by atoms with Crippen molar-refractivity contribution in [3.8, 4) is 6.07 Å². The fourth-order valence-electron chi connectivity index (χ4n) is 2.46. The van der Waals surface area contributed by atoms with Gasteiger partial charge in [0.25, 0.3) is 0 Å². The first-order valence-electron chi connectivity index (χ1n) is 8.13. The highest BCUT2D eigenvalue weighted by atomic mass is 32.2. The molecule has 7 nitrogen and oxygen atoms in total. The third kappa shape index (κ3) is 5.59. The van der Waals surface area contributed by atoms with Gasteiger partial charge < -0.3 is 9.47 Å². The van der Waals surface area contributed by atoms with Gasteiger partial charge in [-0.15, -0.1) is 0 Å². The van der Waals surface area contributed by atoms with E-state index in [0.717, 1.165) is 11.4 Å². The van der Waals surface area contributed by atoms with Crippen molar-refractivity contribution < 1.29 is 8.42 Å². The van der Waals surface area contributed by atoms with E-state index in [1.807, 2.05) is 30.7 Å². The van der Waals surface area contributed by atoms with Gasteiger partial charge in [-0.05, 0) is 30.7 Å². The van der Waals surface area contributed by atoms with Crippen molar-refractivity contribution >= 4 is 15.7 Å². The van der Waals surface area contributed by atoms with Crippen LogP contribution in [0.1, 0.15) is 24.6 Å². The molecule has 8 heteroatoms. The molecule has 0 spiro atoms. The van der Waals surface area contributed by atoms with Crippen LogP contribution >= 0.6 is 0 Å². The van der Waals surface area contributed by atoms with Crippen LogP contribution in [0.25, 0.3) is 0 Å². The van der Waals surface area contributed by atoms with Gasteiger partial charge in [-0.3, -0.25) is 0 Å². The summed E-state index contributed by atoms with van der Waals surface area (Å²) in [7, 11) is -1.31. The molecule has 0 aliphatic heterocycles. The van der Waals surface area contributed by atoms with Crippen LogP contribution < -0.4 is 9.62 Å². The number of rotatable bonds is 9. The average Bonchev–Trinajstić information content (AvgIpc) is 2.99. The van der Waals surface area contributed by atoms with E-state index < -0.39 is 10.0 Å². The SMILES string of the molecule is CCCS(=O)(=O)NCCN(Cc1cncn1C)c1ccc(C#N)cc1. The van der Waals surface area contributed by atoms with Crippen LogP contribution in [0.2, 0.25) is 0 Å². The van der Waals surface area contributed by atoms with Gasteiger partial charge in [0, 0.05) is 32.0 Å². The van der Waals surface area contributed by atoms with Crippen molar-refractivity contribution in [3.63, 3.8) is 0 Å². The first-order chi connectivity index (χ1) is 11.9. The zero-order valence-corrected chi connectivity index (χ0v) is 15.3. The number of aryl methyl sites for hydroxylation is 1. The molecule has 2 aromatic rings. The number of hydrogen-bond acceptors (Lipinski definition) is 5. The average molecular weight is 361 g/mol.